The van der Waals surface area contributed by atoms with Crippen LogP contribution in [0.25, 0.3) is 22.0 Å². The Labute approximate surface area is 237 Å². The number of unbranched alkanes of at least 4 members (excludes halogenated alkanes) is 1. The summed E-state index contributed by atoms with van der Waals surface area (Å²) in [7, 11) is 1.68. The zero-order valence-electron chi connectivity index (χ0n) is 22.6. The van der Waals surface area contributed by atoms with E-state index in [0.717, 1.165) is 11.1 Å². The standard InChI is InChI=1S/C32H31N5O4/c1-37-20-24(22-13-5-8-16-28(22)41-21-11-3-2-4-12-21)23-19-27(36-30(23)32(37)40)31(39)34-18-10-9-17-29(38)35-26-15-7-6-14-25(26)33/h2-8,11-16,19-20,36H,9-10,17-18,33H2,1H3,(H,34,39)(H,35,38). The summed E-state index contributed by atoms with van der Waals surface area (Å²) >= 11 is 0. The summed E-state index contributed by atoms with van der Waals surface area (Å²) in [6, 6.07) is 25.8. The number of nitrogens with zero attached hydrogens (tertiary/aromatic N) is 1. The van der Waals surface area contributed by atoms with Gasteiger partial charge >= 0.3 is 0 Å². The summed E-state index contributed by atoms with van der Waals surface area (Å²) in [6.07, 6.45) is 3.26. The van der Waals surface area contributed by atoms with Gasteiger partial charge in [0.15, 0.2) is 0 Å². The molecular weight excluding hydrogens is 518 g/mol. The largest absolute Gasteiger partial charge is 0.457 e. The van der Waals surface area contributed by atoms with Gasteiger partial charge in [0.1, 0.15) is 22.7 Å². The van der Waals surface area contributed by atoms with Crippen molar-refractivity contribution in [1.82, 2.24) is 14.9 Å². The number of aromatic nitrogens is 2. The highest BCUT2D eigenvalue weighted by atomic mass is 16.5. The number of H-pyrrole nitrogens is 1. The molecular formula is C32H31N5O4. The van der Waals surface area contributed by atoms with E-state index < -0.39 is 0 Å². The smallest absolute Gasteiger partial charge is 0.274 e. The number of aromatic amines is 1. The number of anilines is 2. The molecule has 0 spiro atoms. The molecule has 0 saturated heterocycles. The third-order valence-corrected chi connectivity index (χ3v) is 6.71. The number of amides is 2. The number of aryl methyl sites for hydroxylation is 1. The lowest BCUT2D eigenvalue weighted by molar-refractivity contribution is -0.116. The maximum absolute atomic E-state index is 13.0. The van der Waals surface area contributed by atoms with Crippen molar-refractivity contribution < 1.29 is 14.3 Å². The quantitative estimate of drug-likeness (QED) is 0.136. The molecule has 0 aliphatic carbocycles. The Morgan fingerprint density at radius 3 is 2.46 bits per heavy atom. The van der Waals surface area contributed by atoms with Crippen LogP contribution in [-0.2, 0) is 11.8 Å². The van der Waals surface area contributed by atoms with Crippen LogP contribution in [0.15, 0.2) is 95.9 Å². The number of nitrogens with one attached hydrogen (secondary N) is 3. The Bertz CT molecular complexity index is 1760. The van der Waals surface area contributed by atoms with Crippen LogP contribution >= 0.6 is 0 Å². The predicted octanol–water partition coefficient (Wildman–Crippen LogP) is 5.45. The molecule has 3 aromatic carbocycles. The van der Waals surface area contributed by atoms with E-state index in [0.29, 0.717) is 59.6 Å². The minimum Gasteiger partial charge on any atom is -0.457 e. The van der Waals surface area contributed by atoms with Crippen LogP contribution < -0.4 is 26.7 Å². The van der Waals surface area contributed by atoms with E-state index in [9.17, 15) is 14.4 Å². The van der Waals surface area contributed by atoms with E-state index in [1.165, 1.54) is 4.57 Å². The van der Waals surface area contributed by atoms with E-state index in [1.807, 2.05) is 60.7 Å². The van der Waals surface area contributed by atoms with Gasteiger partial charge in [0.05, 0.1) is 11.4 Å². The van der Waals surface area contributed by atoms with Gasteiger partial charge in [-0.3, -0.25) is 14.4 Å². The highest BCUT2D eigenvalue weighted by Crippen LogP contribution is 2.36. The second kappa shape index (κ2) is 12.3. The van der Waals surface area contributed by atoms with Crippen LogP contribution in [0, 0.1) is 0 Å². The van der Waals surface area contributed by atoms with Crippen LogP contribution in [-0.4, -0.2) is 27.9 Å². The van der Waals surface area contributed by atoms with E-state index in [-0.39, 0.29) is 23.1 Å². The Morgan fingerprint density at radius 2 is 1.66 bits per heavy atom. The molecule has 0 bridgehead atoms. The minimum absolute atomic E-state index is 0.134. The Hall–Kier alpha value is -5.31. The van der Waals surface area contributed by atoms with Gasteiger partial charge in [-0.25, -0.2) is 0 Å². The van der Waals surface area contributed by atoms with Crippen molar-refractivity contribution in [3.05, 3.63) is 107 Å². The third kappa shape index (κ3) is 6.30. The molecule has 5 aromatic rings. The topological polar surface area (TPSA) is 131 Å². The van der Waals surface area contributed by atoms with Gasteiger partial charge in [-0.15, -0.1) is 0 Å². The number of fused-ring (bicyclic) bond motifs is 1. The van der Waals surface area contributed by atoms with Gasteiger partial charge in [-0.2, -0.15) is 0 Å². The molecule has 5 rings (SSSR count). The molecule has 208 valence electrons. The first-order chi connectivity index (χ1) is 19.9. The lowest BCUT2D eigenvalue weighted by Crippen LogP contribution is -2.25. The van der Waals surface area contributed by atoms with Crippen molar-refractivity contribution in [3.8, 4) is 22.6 Å². The molecule has 0 atom stereocenters. The van der Waals surface area contributed by atoms with E-state index >= 15 is 0 Å². The molecule has 0 unspecified atom stereocenters. The van der Waals surface area contributed by atoms with Crippen LogP contribution in [0.5, 0.6) is 11.5 Å². The highest BCUT2D eigenvalue weighted by Gasteiger charge is 2.18. The number of hydrogen-bond acceptors (Lipinski definition) is 5. The Kier molecular flexibility index (Phi) is 8.15. The molecule has 0 radical (unpaired) electrons. The fourth-order valence-corrected chi connectivity index (χ4v) is 4.60. The summed E-state index contributed by atoms with van der Waals surface area (Å²) in [5, 5.41) is 6.30. The number of benzene rings is 3. The first-order valence-corrected chi connectivity index (χ1v) is 13.4. The van der Waals surface area contributed by atoms with Crippen LogP contribution in [0.1, 0.15) is 29.8 Å². The summed E-state index contributed by atoms with van der Waals surface area (Å²) in [5.41, 5.74) is 8.89. The lowest BCUT2D eigenvalue weighted by atomic mass is 10.0. The van der Waals surface area contributed by atoms with Gasteiger partial charge in [0, 0.05) is 42.7 Å². The maximum atomic E-state index is 13.0. The van der Waals surface area contributed by atoms with Crippen molar-refractivity contribution in [3.63, 3.8) is 0 Å². The molecule has 9 heteroatoms. The number of nitrogen functional groups attached to an aromatic ring is 1. The summed E-state index contributed by atoms with van der Waals surface area (Å²) < 4.78 is 7.65. The summed E-state index contributed by atoms with van der Waals surface area (Å²) in [4.78, 5) is 41.2. The second-order valence-electron chi connectivity index (χ2n) is 9.69. The summed E-state index contributed by atoms with van der Waals surface area (Å²) in [6.45, 7) is 0.383. The number of pyridine rings is 1. The van der Waals surface area contributed by atoms with Gasteiger partial charge in [-0.05, 0) is 49.2 Å². The van der Waals surface area contributed by atoms with Gasteiger partial charge < -0.3 is 30.7 Å². The van der Waals surface area contributed by atoms with E-state index in [1.54, 1.807) is 37.5 Å². The lowest BCUT2D eigenvalue weighted by Gasteiger charge is -2.13. The number of ether oxygens (including phenoxy) is 1. The monoisotopic (exact) mass is 549 g/mol. The molecule has 0 saturated carbocycles. The highest BCUT2D eigenvalue weighted by molar-refractivity contribution is 6.03. The SMILES string of the molecule is Cn1cc(-c2ccccc2Oc2ccccc2)c2cc(C(=O)NCCCCC(=O)Nc3ccccc3N)[nH]c2c1=O. The number of nitrogens with two attached hydrogens (primary N) is 1. The van der Waals surface area contributed by atoms with E-state index in [4.69, 9.17) is 10.5 Å². The van der Waals surface area contributed by atoms with Crippen LogP contribution in [0.3, 0.4) is 0 Å². The predicted molar refractivity (Wildman–Crippen MR) is 161 cm³/mol. The Morgan fingerprint density at radius 1 is 0.927 bits per heavy atom. The maximum Gasteiger partial charge on any atom is 0.274 e. The molecule has 2 amide bonds. The molecule has 0 fully saturated rings. The third-order valence-electron chi connectivity index (χ3n) is 6.71. The van der Waals surface area contributed by atoms with Crippen molar-refractivity contribution in [1.29, 1.82) is 0 Å². The normalized spacial score (nSPS) is 10.9. The summed E-state index contributed by atoms with van der Waals surface area (Å²) in [5.74, 6) is 0.857. The van der Waals surface area contributed by atoms with Crippen molar-refractivity contribution in [2.45, 2.75) is 19.3 Å². The fraction of sp³-hybridized carbons (Fsp3) is 0.156. The van der Waals surface area contributed by atoms with Crippen LogP contribution in [0.4, 0.5) is 11.4 Å². The number of para-hydroxylation sites is 4. The van der Waals surface area contributed by atoms with Gasteiger partial charge in [-0.1, -0.05) is 48.5 Å². The number of hydrogen-bond donors (Lipinski definition) is 4. The molecule has 2 heterocycles. The Balaban J connectivity index is 1.27. The minimum atomic E-state index is -0.329. The zero-order valence-corrected chi connectivity index (χ0v) is 22.6. The second-order valence-corrected chi connectivity index (χ2v) is 9.69. The van der Waals surface area contributed by atoms with Gasteiger partial charge in [0.2, 0.25) is 5.91 Å². The molecule has 0 aliphatic heterocycles. The molecule has 0 aliphatic rings. The van der Waals surface area contributed by atoms with Gasteiger partial charge in [0.25, 0.3) is 11.5 Å². The van der Waals surface area contributed by atoms with Crippen molar-refractivity contribution in [2.24, 2.45) is 7.05 Å². The molecule has 2 aromatic heterocycles. The number of rotatable bonds is 10. The average molecular weight is 550 g/mol. The molecule has 5 N–H and O–H groups in total. The fourth-order valence-electron chi connectivity index (χ4n) is 4.60. The number of carbonyl (C=O) groups is 2. The first kappa shape index (κ1) is 27.3. The average Bonchev–Trinajstić information content (AvgIpc) is 3.43. The van der Waals surface area contributed by atoms with E-state index in [2.05, 4.69) is 15.6 Å². The first-order valence-electron chi connectivity index (χ1n) is 13.4. The van der Waals surface area contributed by atoms with Crippen molar-refractivity contribution in [2.75, 3.05) is 17.6 Å². The molecule has 41 heavy (non-hydrogen) atoms. The van der Waals surface area contributed by atoms with Crippen molar-refractivity contribution >= 4 is 34.1 Å². The zero-order chi connectivity index (χ0) is 28.8. The van der Waals surface area contributed by atoms with Crippen LogP contribution in [0.2, 0.25) is 0 Å². The number of carbonyl (C=O) groups excluding carboxylic acids is 2. The molecule has 9 nitrogen and oxygen atoms in total.